The summed E-state index contributed by atoms with van der Waals surface area (Å²) in [5, 5.41) is 3.21. The number of aromatic nitrogens is 1. The Morgan fingerprint density at radius 1 is 1.06 bits per heavy atom. The molecule has 4 rings (SSSR count). The summed E-state index contributed by atoms with van der Waals surface area (Å²) in [7, 11) is -3.31. The predicted octanol–water partition coefficient (Wildman–Crippen LogP) is 4.72. The average molecular weight is 460 g/mol. The van der Waals surface area contributed by atoms with E-state index in [1.807, 2.05) is 0 Å². The van der Waals surface area contributed by atoms with Gasteiger partial charge >= 0.3 is 0 Å². The number of carbonyl (C=O) groups excluding carboxylic acids is 1. The standard InChI is InChI=1S/C22H19ClFN3O3S/c23-20-9-6-17(13-19(20)21-10-5-16(24)14-25-21)26-22(28)15-3-7-18(8-4-15)27-11-1-2-12-31(27,29)30/h3-10,13-14H,1-2,11-12H2,(H,26,28). The molecule has 160 valence electrons. The Balaban J connectivity index is 1.52. The van der Waals surface area contributed by atoms with Gasteiger partial charge in [-0.3, -0.25) is 14.1 Å². The van der Waals surface area contributed by atoms with Crippen LogP contribution in [-0.2, 0) is 10.0 Å². The number of amides is 1. The highest BCUT2D eigenvalue weighted by molar-refractivity contribution is 7.92. The van der Waals surface area contributed by atoms with E-state index in [0.29, 0.717) is 46.2 Å². The lowest BCUT2D eigenvalue weighted by Gasteiger charge is -2.28. The number of benzene rings is 2. The first-order valence-corrected chi connectivity index (χ1v) is 11.7. The summed E-state index contributed by atoms with van der Waals surface area (Å²) in [6.07, 6.45) is 2.57. The van der Waals surface area contributed by atoms with Gasteiger partial charge in [0.2, 0.25) is 10.0 Å². The second-order valence-electron chi connectivity index (χ2n) is 7.15. The fraction of sp³-hybridized carbons (Fsp3) is 0.182. The van der Waals surface area contributed by atoms with Crippen molar-refractivity contribution < 1.29 is 17.6 Å². The van der Waals surface area contributed by atoms with Crippen molar-refractivity contribution in [1.82, 2.24) is 4.98 Å². The first-order chi connectivity index (χ1) is 14.8. The summed E-state index contributed by atoms with van der Waals surface area (Å²) in [4.78, 5) is 16.7. The van der Waals surface area contributed by atoms with Crippen LogP contribution in [-0.4, -0.2) is 31.6 Å². The maximum atomic E-state index is 13.1. The minimum Gasteiger partial charge on any atom is -0.322 e. The maximum Gasteiger partial charge on any atom is 0.255 e. The van der Waals surface area contributed by atoms with Crippen LogP contribution in [0.1, 0.15) is 23.2 Å². The normalized spacial score (nSPS) is 15.5. The summed E-state index contributed by atoms with van der Waals surface area (Å²) in [5.74, 6) is -0.671. The third kappa shape index (κ3) is 4.70. The Kier molecular flexibility index (Phi) is 5.93. The number of anilines is 2. The minimum absolute atomic E-state index is 0.136. The third-order valence-corrected chi connectivity index (χ3v) is 7.19. The summed E-state index contributed by atoms with van der Waals surface area (Å²) in [6, 6.07) is 14.2. The molecular weight excluding hydrogens is 441 g/mol. The van der Waals surface area contributed by atoms with E-state index in [1.54, 1.807) is 42.5 Å². The Morgan fingerprint density at radius 2 is 1.84 bits per heavy atom. The van der Waals surface area contributed by atoms with Crippen LogP contribution in [0, 0.1) is 5.82 Å². The van der Waals surface area contributed by atoms with Crippen molar-refractivity contribution in [2.45, 2.75) is 12.8 Å². The van der Waals surface area contributed by atoms with Gasteiger partial charge in [-0.25, -0.2) is 12.8 Å². The molecular formula is C22H19ClFN3O3S. The van der Waals surface area contributed by atoms with Gasteiger partial charge in [0, 0.05) is 23.4 Å². The smallest absolute Gasteiger partial charge is 0.255 e. The van der Waals surface area contributed by atoms with E-state index in [0.717, 1.165) is 12.6 Å². The number of rotatable bonds is 4. The van der Waals surface area contributed by atoms with Crippen LogP contribution < -0.4 is 9.62 Å². The Bertz CT molecular complexity index is 1220. The zero-order chi connectivity index (χ0) is 22.0. The van der Waals surface area contributed by atoms with Crippen LogP contribution >= 0.6 is 11.6 Å². The molecule has 1 saturated heterocycles. The van der Waals surface area contributed by atoms with Crippen LogP contribution in [0.25, 0.3) is 11.3 Å². The highest BCUT2D eigenvalue weighted by atomic mass is 35.5. The van der Waals surface area contributed by atoms with Crippen molar-refractivity contribution in [3.63, 3.8) is 0 Å². The van der Waals surface area contributed by atoms with E-state index in [1.165, 1.54) is 16.4 Å². The lowest BCUT2D eigenvalue weighted by Crippen LogP contribution is -2.37. The lowest BCUT2D eigenvalue weighted by molar-refractivity contribution is 0.102. The van der Waals surface area contributed by atoms with E-state index in [9.17, 15) is 17.6 Å². The molecule has 1 aliphatic heterocycles. The maximum absolute atomic E-state index is 13.1. The van der Waals surface area contributed by atoms with Crippen LogP contribution in [0.4, 0.5) is 15.8 Å². The molecule has 1 N–H and O–H groups in total. The summed E-state index contributed by atoms with van der Waals surface area (Å²) in [5.41, 5.74) is 2.47. The molecule has 0 aliphatic carbocycles. The molecule has 1 aromatic heterocycles. The van der Waals surface area contributed by atoms with Crippen molar-refractivity contribution in [3.8, 4) is 11.3 Å². The topological polar surface area (TPSA) is 79.4 Å². The van der Waals surface area contributed by atoms with Crippen LogP contribution in [0.3, 0.4) is 0 Å². The molecule has 0 radical (unpaired) electrons. The van der Waals surface area contributed by atoms with Gasteiger partial charge in [-0.2, -0.15) is 0 Å². The molecule has 1 fully saturated rings. The van der Waals surface area contributed by atoms with Crippen LogP contribution in [0.5, 0.6) is 0 Å². The lowest BCUT2D eigenvalue weighted by atomic mass is 10.1. The zero-order valence-electron chi connectivity index (χ0n) is 16.4. The highest BCUT2D eigenvalue weighted by Gasteiger charge is 2.26. The van der Waals surface area contributed by atoms with Crippen molar-refractivity contribution >= 4 is 38.9 Å². The van der Waals surface area contributed by atoms with E-state index in [4.69, 9.17) is 11.6 Å². The molecule has 1 amide bonds. The Morgan fingerprint density at radius 3 is 2.52 bits per heavy atom. The largest absolute Gasteiger partial charge is 0.322 e. The van der Waals surface area contributed by atoms with Crippen LogP contribution in [0.2, 0.25) is 5.02 Å². The molecule has 6 nitrogen and oxygen atoms in total. The number of hydrogen-bond donors (Lipinski definition) is 1. The molecule has 0 spiro atoms. The number of halogens is 2. The molecule has 3 aromatic rings. The van der Waals surface area contributed by atoms with Crippen molar-refractivity contribution in [2.75, 3.05) is 21.9 Å². The van der Waals surface area contributed by atoms with Gasteiger partial charge in [0.25, 0.3) is 5.91 Å². The van der Waals surface area contributed by atoms with Gasteiger partial charge in [-0.1, -0.05) is 11.6 Å². The van der Waals surface area contributed by atoms with Crippen molar-refractivity contribution in [1.29, 1.82) is 0 Å². The summed E-state index contributed by atoms with van der Waals surface area (Å²) >= 11 is 6.24. The number of carbonyl (C=O) groups is 1. The van der Waals surface area contributed by atoms with Crippen molar-refractivity contribution in [3.05, 3.63) is 77.2 Å². The second kappa shape index (κ2) is 8.64. The second-order valence-corrected chi connectivity index (χ2v) is 9.57. The van der Waals surface area contributed by atoms with Gasteiger partial charge in [-0.15, -0.1) is 0 Å². The molecule has 0 saturated carbocycles. The fourth-order valence-electron chi connectivity index (χ4n) is 3.40. The first kappa shape index (κ1) is 21.3. The molecule has 1 aliphatic rings. The SMILES string of the molecule is O=C(Nc1ccc(Cl)c(-c2ccc(F)cn2)c1)c1ccc(N2CCCCS2(=O)=O)cc1. The Hall–Kier alpha value is -2.97. The first-order valence-electron chi connectivity index (χ1n) is 9.67. The third-order valence-electron chi connectivity index (χ3n) is 4.99. The molecule has 0 unspecified atom stereocenters. The molecule has 31 heavy (non-hydrogen) atoms. The van der Waals surface area contributed by atoms with E-state index >= 15 is 0 Å². The summed E-state index contributed by atoms with van der Waals surface area (Å²) in [6.45, 7) is 0.443. The quantitative estimate of drug-likeness (QED) is 0.612. The average Bonchev–Trinajstić information content (AvgIpc) is 2.75. The van der Waals surface area contributed by atoms with Gasteiger partial charge in [0.1, 0.15) is 5.82 Å². The van der Waals surface area contributed by atoms with E-state index in [-0.39, 0.29) is 11.7 Å². The van der Waals surface area contributed by atoms with E-state index < -0.39 is 15.8 Å². The molecule has 2 aromatic carbocycles. The molecule has 0 atom stereocenters. The van der Waals surface area contributed by atoms with E-state index in [2.05, 4.69) is 10.3 Å². The Labute approximate surface area is 184 Å². The van der Waals surface area contributed by atoms with Gasteiger partial charge in [0.05, 0.1) is 28.4 Å². The number of sulfonamides is 1. The van der Waals surface area contributed by atoms with Crippen molar-refractivity contribution in [2.24, 2.45) is 0 Å². The predicted molar refractivity (Wildman–Crippen MR) is 119 cm³/mol. The fourth-order valence-corrected chi connectivity index (χ4v) is 5.25. The summed E-state index contributed by atoms with van der Waals surface area (Å²) < 4.78 is 39.0. The number of nitrogens with one attached hydrogen (secondary N) is 1. The monoisotopic (exact) mass is 459 g/mol. The van der Waals surface area contributed by atoms with Gasteiger partial charge in [-0.05, 0) is 67.4 Å². The highest BCUT2D eigenvalue weighted by Crippen LogP contribution is 2.30. The molecule has 2 heterocycles. The van der Waals surface area contributed by atoms with Crippen LogP contribution in [0.15, 0.2) is 60.8 Å². The molecule has 0 bridgehead atoms. The van der Waals surface area contributed by atoms with Gasteiger partial charge in [0.15, 0.2) is 0 Å². The zero-order valence-corrected chi connectivity index (χ0v) is 18.0. The minimum atomic E-state index is -3.31. The van der Waals surface area contributed by atoms with Gasteiger partial charge < -0.3 is 5.32 Å². The molecule has 9 heteroatoms. The number of pyridine rings is 1. The number of hydrogen-bond acceptors (Lipinski definition) is 4. The number of nitrogens with zero attached hydrogens (tertiary/aromatic N) is 2.